The molecular weight excluding hydrogens is 436 g/mol. The van der Waals surface area contributed by atoms with Crippen LogP contribution in [0, 0.1) is 5.92 Å². The van der Waals surface area contributed by atoms with E-state index in [-0.39, 0.29) is 24.0 Å². The molecule has 2 aromatic rings. The number of nitrogens with one attached hydrogen (secondary N) is 1. The maximum atomic E-state index is 13.8. The summed E-state index contributed by atoms with van der Waals surface area (Å²) in [6.45, 7) is 10.4. The Morgan fingerprint density at radius 1 is 1.26 bits per heavy atom. The molecule has 1 heterocycles. The number of benzene rings is 1. The van der Waals surface area contributed by atoms with E-state index in [0.717, 1.165) is 12.0 Å². The second kappa shape index (κ2) is 12.1. The van der Waals surface area contributed by atoms with Crippen molar-refractivity contribution in [2.45, 2.75) is 53.0 Å². The Morgan fingerprint density at radius 2 is 1.97 bits per heavy atom. The van der Waals surface area contributed by atoms with Crippen molar-refractivity contribution in [3.63, 3.8) is 0 Å². The van der Waals surface area contributed by atoms with Gasteiger partial charge < -0.3 is 20.1 Å². The molecule has 0 spiro atoms. The van der Waals surface area contributed by atoms with Gasteiger partial charge in [0.15, 0.2) is 17.2 Å². The fourth-order valence-corrected chi connectivity index (χ4v) is 3.71. The highest BCUT2D eigenvalue weighted by Crippen LogP contribution is 2.34. The van der Waals surface area contributed by atoms with Gasteiger partial charge in [-0.1, -0.05) is 33.3 Å². The second-order valence-electron chi connectivity index (χ2n) is 8.50. The molecule has 1 amide bonds. The average Bonchev–Trinajstić information content (AvgIpc) is 2.79. The predicted octanol–water partition coefficient (Wildman–Crippen LogP) is 3.36. The van der Waals surface area contributed by atoms with Crippen molar-refractivity contribution in [2.24, 2.45) is 5.92 Å². The van der Waals surface area contributed by atoms with Crippen molar-refractivity contribution in [1.29, 1.82) is 0 Å². The Bertz CT molecular complexity index is 1130. The van der Waals surface area contributed by atoms with E-state index in [1.165, 1.54) is 23.7 Å². The van der Waals surface area contributed by atoms with Crippen molar-refractivity contribution in [3.8, 4) is 11.5 Å². The number of carbonyl (C=O) groups excluding carboxylic acids is 1. The van der Waals surface area contributed by atoms with E-state index in [1.807, 2.05) is 20.8 Å². The quantitative estimate of drug-likeness (QED) is 0.457. The summed E-state index contributed by atoms with van der Waals surface area (Å²) in [7, 11) is 3.02. The second-order valence-corrected chi connectivity index (χ2v) is 8.50. The Labute approximate surface area is 200 Å². The Balaban J connectivity index is 2.70. The molecule has 34 heavy (non-hydrogen) atoms. The highest BCUT2D eigenvalue weighted by Gasteiger charge is 2.27. The number of carbonyl (C=O) groups is 1. The van der Waals surface area contributed by atoms with Crippen LogP contribution in [0.15, 0.2) is 34.4 Å². The van der Waals surface area contributed by atoms with Gasteiger partial charge in [0.05, 0.1) is 14.2 Å². The average molecular weight is 473 g/mol. The van der Waals surface area contributed by atoms with E-state index in [0.29, 0.717) is 42.9 Å². The lowest BCUT2D eigenvalue weighted by molar-refractivity contribution is 0.0985. The third-order valence-corrected chi connectivity index (χ3v) is 5.56. The number of ether oxygens (including phenoxy) is 2. The molecule has 186 valence electrons. The first-order valence-corrected chi connectivity index (χ1v) is 11.5. The van der Waals surface area contributed by atoms with Crippen LogP contribution in [0.2, 0.25) is 0 Å². The fourth-order valence-electron chi connectivity index (χ4n) is 3.71. The molecule has 0 unspecified atom stereocenters. The van der Waals surface area contributed by atoms with Crippen molar-refractivity contribution in [3.05, 3.63) is 56.8 Å². The van der Waals surface area contributed by atoms with Crippen molar-refractivity contribution in [2.75, 3.05) is 31.4 Å². The van der Waals surface area contributed by atoms with Gasteiger partial charge >= 0.3 is 5.69 Å². The number of methoxy groups -OCH3 is 2. The molecule has 1 aromatic heterocycles. The third-order valence-electron chi connectivity index (χ3n) is 5.56. The lowest BCUT2D eigenvalue weighted by Crippen LogP contribution is -2.42. The summed E-state index contributed by atoms with van der Waals surface area (Å²) in [4.78, 5) is 42.8. The molecule has 0 aliphatic heterocycles. The number of hydrogen-bond acceptors (Lipinski definition) is 6. The monoisotopic (exact) mass is 472 g/mol. The van der Waals surface area contributed by atoms with E-state index in [2.05, 4.69) is 11.6 Å². The molecule has 0 fully saturated rings. The minimum atomic E-state index is -0.695. The molecule has 0 aliphatic rings. The van der Waals surface area contributed by atoms with Crippen LogP contribution in [-0.2, 0) is 13.0 Å². The molecule has 2 rings (SSSR count). The number of rotatable bonds is 12. The fraction of sp³-hybridized carbons (Fsp3) is 0.480. The van der Waals surface area contributed by atoms with Crippen LogP contribution in [0.5, 0.6) is 11.5 Å². The number of anilines is 2. The standard InChI is InChI=1S/C25H36N4O5/c1-7-9-12-29-22(26)20(23(30)27-25(29)32)28(13-11-16(3)4)24(31)18-14-17(10-8-2)21(34-6)19(15-18)33-5/h8,14-16H,2,7,9-13,26H2,1,3-6H3,(H,27,30,32). The smallest absolute Gasteiger partial charge is 0.330 e. The Kier molecular flexibility index (Phi) is 9.53. The van der Waals surface area contributed by atoms with Gasteiger partial charge in [0.1, 0.15) is 5.82 Å². The van der Waals surface area contributed by atoms with Crippen molar-refractivity contribution >= 4 is 17.4 Å². The molecule has 0 radical (unpaired) electrons. The summed E-state index contributed by atoms with van der Waals surface area (Å²) >= 11 is 0. The van der Waals surface area contributed by atoms with Gasteiger partial charge in [-0.25, -0.2) is 4.79 Å². The van der Waals surface area contributed by atoms with E-state index in [1.54, 1.807) is 18.2 Å². The first-order valence-electron chi connectivity index (χ1n) is 11.5. The third kappa shape index (κ3) is 5.89. The van der Waals surface area contributed by atoms with Gasteiger partial charge in [0.25, 0.3) is 11.5 Å². The van der Waals surface area contributed by atoms with Gasteiger partial charge in [-0.15, -0.1) is 6.58 Å². The Morgan fingerprint density at radius 3 is 2.53 bits per heavy atom. The number of nitrogen functional groups attached to an aromatic ring is 1. The van der Waals surface area contributed by atoms with Crippen LogP contribution in [0.4, 0.5) is 11.5 Å². The van der Waals surface area contributed by atoms with Crippen LogP contribution in [0.25, 0.3) is 0 Å². The first kappa shape index (κ1) is 26.8. The highest BCUT2D eigenvalue weighted by atomic mass is 16.5. The summed E-state index contributed by atoms with van der Waals surface area (Å²) in [6, 6.07) is 3.28. The van der Waals surface area contributed by atoms with Crippen molar-refractivity contribution < 1.29 is 14.3 Å². The van der Waals surface area contributed by atoms with Gasteiger partial charge in [-0.3, -0.25) is 19.1 Å². The molecule has 9 heteroatoms. The maximum Gasteiger partial charge on any atom is 0.330 e. The molecule has 0 bridgehead atoms. The number of H-pyrrole nitrogens is 1. The van der Waals surface area contributed by atoms with Crippen LogP contribution < -0.4 is 31.4 Å². The van der Waals surface area contributed by atoms with E-state index in [9.17, 15) is 14.4 Å². The zero-order valence-electron chi connectivity index (χ0n) is 20.8. The molecule has 0 saturated heterocycles. The summed E-state index contributed by atoms with van der Waals surface area (Å²) in [5.41, 5.74) is 6.04. The predicted molar refractivity (Wildman–Crippen MR) is 135 cm³/mol. The minimum absolute atomic E-state index is 0.0221. The summed E-state index contributed by atoms with van der Waals surface area (Å²) < 4.78 is 12.2. The summed E-state index contributed by atoms with van der Waals surface area (Å²) in [6.07, 6.45) is 4.33. The molecule has 0 aliphatic carbocycles. The number of nitrogens with zero attached hydrogens (tertiary/aromatic N) is 2. The summed E-state index contributed by atoms with van der Waals surface area (Å²) in [5.74, 6) is 0.723. The number of unbranched alkanes of at least 4 members (excludes halogenated alkanes) is 1. The topological polar surface area (TPSA) is 120 Å². The summed E-state index contributed by atoms with van der Waals surface area (Å²) in [5, 5.41) is 0. The lowest BCUT2D eigenvalue weighted by atomic mass is 10.0. The van der Waals surface area contributed by atoms with Crippen molar-refractivity contribution in [1.82, 2.24) is 9.55 Å². The number of allylic oxidation sites excluding steroid dienone is 1. The minimum Gasteiger partial charge on any atom is -0.493 e. The van der Waals surface area contributed by atoms with Gasteiger partial charge in [-0.05, 0) is 37.3 Å². The van der Waals surface area contributed by atoms with E-state index < -0.39 is 17.2 Å². The number of hydrogen-bond donors (Lipinski definition) is 2. The van der Waals surface area contributed by atoms with E-state index >= 15 is 0 Å². The number of nitrogens with two attached hydrogens (primary N) is 1. The molecule has 9 nitrogen and oxygen atoms in total. The molecule has 1 aromatic carbocycles. The molecule has 0 atom stereocenters. The zero-order valence-corrected chi connectivity index (χ0v) is 20.8. The van der Waals surface area contributed by atoms with Crippen LogP contribution in [-0.4, -0.2) is 36.2 Å². The Hall–Kier alpha value is -3.49. The highest BCUT2D eigenvalue weighted by molar-refractivity contribution is 6.07. The number of amides is 1. The first-order chi connectivity index (χ1) is 16.2. The zero-order chi connectivity index (χ0) is 25.4. The maximum absolute atomic E-state index is 13.8. The molecule has 0 saturated carbocycles. The number of aromatic nitrogens is 2. The largest absolute Gasteiger partial charge is 0.493 e. The van der Waals surface area contributed by atoms with Gasteiger partial charge in [0, 0.05) is 24.2 Å². The SMILES string of the molecule is C=CCc1cc(C(=O)N(CCC(C)C)c2c(N)n(CCCC)c(=O)[nH]c2=O)cc(OC)c1OC. The molecular formula is C25H36N4O5. The number of aromatic amines is 1. The van der Waals surface area contributed by atoms with E-state index in [4.69, 9.17) is 15.2 Å². The van der Waals surface area contributed by atoms with Gasteiger partial charge in [0.2, 0.25) is 0 Å². The normalized spacial score (nSPS) is 10.9. The van der Waals surface area contributed by atoms with Crippen LogP contribution in [0.3, 0.4) is 0 Å². The lowest BCUT2D eigenvalue weighted by Gasteiger charge is -2.26. The van der Waals surface area contributed by atoms with Crippen LogP contribution >= 0.6 is 0 Å². The van der Waals surface area contributed by atoms with Crippen LogP contribution in [0.1, 0.15) is 56.0 Å². The van der Waals surface area contributed by atoms with Gasteiger partial charge in [-0.2, -0.15) is 0 Å². The molecule has 3 N–H and O–H groups in total.